The van der Waals surface area contributed by atoms with E-state index in [-0.39, 0.29) is 10.9 Å². The van der Waals surface area contributed by atoms with Gasteiger partial charge in [-0.05, 0) is 25.1 Å². The van der Waals surface area contributed by atoms with E-state index in [2.05, 4.69) is 15.3 Å². The number of aromatic nitrogens is 2. The Morgan fingerprint density at radius 2 is 2.16 bits per heavy atom. The van der Waals surface area contributed by atoms with Gasteiger partial charge in [0.2, 0.25) is 10.0 Å². The summed E-state index contributed by atoms with van der Waals surface area (Å²) in [5, 5.41) is 8.21. The fourth-order valence-corrected chi connectivity index (χ4v) is 2.44. The summed E-state index contributed by atoms with van der Waals surface area (Å²) in [6.07, 6.45) is 3.31. The van der Waals surface area contributed by atoms with E-state index in [1.54, 1.807) is 24.5 Å². The van der Waals surface area contributed by atoms with Crippen molar-refractivity contribution in [3.63, 3.8) is 0 Å². The van der Waals surface area contributed by atoms with Crippen LogP contribution >= 0.6 is 0 Å². The average Bonchev–Trinajstić information content (AvgIpc) is 2.83. The molecule has 2 aromatic rings. The molecule has 19 heavy (non-hydrogen) atoms. The number of nitrogens with zero attached hydrogens (tertiary/aromatic N) is 1. The van der Waals surface area contributed by atoms with Gasteiger partial charge in [-0.1, -0.05) is 0 Å². The number of anilines is 2. The first kappa shape index (κ1) is 13.4. The van der Waals surface area contributed by atoms with Crippen LogP contribution in [0.4, 0.5) is 11.4 Å². The van der Waals surface area contributed by atoms with Crippen molar-refractivity contribution >= 4 is 21.4 Å². The molecule has 0 aliphatic rings. The topological polar surface area (TPSA) is 127 Å². The molecule has 0 aliphatic carbocycles. The van der Waals surface area contributed by atoms with Gasteiger partial charge in [0.05, 0.1) is 11.7 Å². The van der Waals surface area contributed by atoms with Crippen molar-refractivity contribution in [2.45, 2.75) is 17.9 Å². The Balaban J connectivity index is 2.35. The minimum atomic E-state index is -3.84. The number of primary sulfonamides is 1. The summed E-state index contributed by atoms with van der Waals surface area (Å²) >= 11 is 0. The highest BCUT2D eigenvalue weighted by atomic mass is 32.2. The van der Waals surface area contributed by atoms with Crippen molar-refractivity contribution in [2.24, 2.45) is 5.14 Å². The van der Waals surface area contributed by atoms with Crippen LogP contribution in [-0.2, 0) is 10.0 Å². The minimum Gasteiger partial charge on any atom is -0.399 e. The van der Waals surface area contributed by atoms with Crippen LogP contribution in [0.2, 0.25) is 0 Å². The molecule has 7 nitrogen and oxygen atoms in total. The number of hydrogen-bond donors (Lipinski definition) is 4. The second-order valence-electron chi connectivity index (χ2n) is 4.14. The second-order valence-corrected chi connectivity index (χ2v) is 5.67. The smallest absolute Gasteiger partial charge is 0.240 e. The third kappa shape index (κ3) is 3.04. The molecular formula is C11H15N5O2S. The minimum absolute atomic E-state index is 0.0362. The highest BCUT2D eigenvalue weighted by Crippen LogP contribution is 2.26. The lowest BCUT2D eigenvalue weighted by molar-refractivity contribution is 0.598. The molecule has 2 rings (SSSR count). The van der Waals surface area contributed by atoms with E-state index in [0.29, 0.717) is 17.2 Å². The largest absolute Gasteiger partial charge is 0.399 e. The standard InChI is InChI=1S/C11H15N5O2S/c1-7(11-14-4-5-15-11)16-9-3-2-8(12)6-10(9)19(13,17)18/h2-7,16H,12H2,1H3,(H,14,15)(H2,13,17,18). The van der Waals surface area contributed by atoms with Gasteiger partial charge < -0.3 is 16.0 Å². The molecule has 0 bridgehead atoms. The number of nitrogens with two attached hydrogens (primary N) is 2. The summed E-state index contributed by atoms with van der Waals surface area (Å²) in [5.74, 6) is 0.692. The molecule has 0 aliphatic heterocycles. The van der Waals surface area contributed by atoms with Crippen LogP contribution in [0.1, 0.15) is 18.8 Å². The monoisotopic (exact) mass is 281 g/mol. The van der Waals surface area contributed by atoms with Crippen molar-refractivity contribution in [3.8, 4) is 0 Å². The SMILES string of the molecule is CC(Nc1ccc(N)cc1S(N)(=O)=O)c1ncc[nH]1. The zero-order chi connectivity index (χ0) is 14.0. The van der Waals surface area contributed by atoms with Crippen LogP contribution in [0.25, 0.3) is 0 Å². The van der Waals surface area contributed by atoms with Gasteiger partial charge in [0, 0.05) is 18.1 Å². The van der Waals surface area contributed by atoms with Gasteiger partial charge >= 0.3 is 0 Å². The molecule has 8 heteroatoms. The van der Waals surface area contributed by atoms with Crippen molar-refractivity contribution in [1.29, 1.82) is 0 Å². The first-order valence-corrected chi connectivity index (χ1v) is 7.10. The second kappa shape index (κ2) is 4.90. The molecular weight excluding hydrogens is 266 g/mol. The average molecular weight is 281 g/mol. The van der Waals surface area contributed by atoms with Crippen molar-refractivity contribution < 1.29 is 8.42 Å². The molecule has 0 saturated carbocycles. The number of sulfonamides is 1. The number of rotatable bonds is 4. The van der Waals surface area contributed by atoms with Gasteiger partial charge in [0.25, 0.3) is 0 Å². The van der Waals surface area contributed by atoms with E-state index in [1.807, 2.05) is 6.92 Å². The Kier molecular flexibility index (Phi) is 3.45. The number of nitrogen functional groups attached to an aromatic ring is 1. The lowest BCUT2D eigenvalue weighted by atomic mass is 10.2. The summed E-state index contributed by atoms with van der Waals surface area (Å²) in [6, 6.07) is 4.31. The number of aromatic amines is 1. The molecule has 0 radical (unpaired) electrons. The molecule has 1 unspecified atom stereocenters. The van der Waals surface area contributed by atoms with E-state index in [0.717, 1.165) is 0 Å². The van der Waals surface area contributed by atoms with Crippen molar-refractivity contribution in [2.75, 3.05) is 11.1 Å². The van der Waals surface area contributed by atoms with Crippen LogP contribution in [0.3, 0.4) is 0 Å². The van der Waals surface area contributed by atoms with E-state index in [4.69, 9.17) is 10.9 Å². The zero-order valence-corrected chi connectivity index (χ0v) is 11.1. The predicted octanol–water partition coefficient (Wildman–Crippen LogP) is 0.812. The Morgan fingerprint density at radius 1 is 1.42 bits per heavy atom. The zero-order valence-electron chi connectivity index (χ0n) is 10.3. The first-order valence-electron chi connectivity index (χ1n) is 5.56. The molecule has 0 saturated heterocycles. The molecule has 1 heterocycles. The lowest BCUT2D eigenvalue weighted by Crippen LogP contribution is -2.17. The molecule has 6 N–H and O–H groups in total. The van der Waals surface area contributed by atoms with Crippen LogP contribution in [0.5, 0.6) is 0 Å². The molecule has 1 aromatic heterocycles. The molecule has 1 aromatic carbocycles. The van der Waals surface area contributed by atoms with Gasteiger partial charge in [0.15, 0.2) is 0 Å². The number of H-pyrrole nitrogens is 1. The van der Waals surface area contributed by atoms with E-state index < -0.39 is 10.0 Å². The van der Waals surface area contributed by atoms with E-state index in [1.165, 1.54) is 6.07 Å². The van der Waals surface area contributed by atoms with E-state index >= 15 is 0 Å². The highest BCUT2D eigenvalue weighted by Gasteiger charge is 2.17. The fourth-order valence-electron chi connectivity index (χ4n) is 1.71. The van der Waals surface area contributed by atoms with Gasteiger partial charge in [-0.2, -0.15) is 0 Å². The van der Waals surface area contributed by atoms with E-state index in [9.17, 15) is 8.42 Å². The summed E-state index contributed by atoms with van der Waals surface area (Å²) in [4.78, 5) is 7.01. The number of benzene rings is 1. The molecule has 0 fully saturated rings. The van der Waals surface area contributed by atoms with Crippen LogP contribution in [0, 0.1) is 0 Å². The first-order chi connectivity index (χ1) is 8.88. The predicted molar refractivity (Wildman–Crippen MR) is 72.9 cm³/mol. The molecule has 1 atom stereocenters. The Bertz CT molecular complexity index is 666. The Labute approximate surface area is 111 Å². The third-order valence-corrected chi connectivity index (χ3v) is 3.56. The maximum atomic E-state index is 11.5. The molecule has 0 spiro atoms. The highest BCUT2D eigenvalue weighted by molar-refractivity contribution is 7.89. The van der Waals surface area contributed by atoms with Crippen molar-refractivity contribution in [3.05, 3.63) is 36.4 Å². The molecule has 102 valence electrons. The van der Waals surface area contributed by atoms with Crippen LogP contribution < -0.4 is 16.2 Å². The summed E-state index contributed by atoms with van der Waals surface area (Å²) in [7, 11) is -3.84. The number of nitrogens with one attached hydrogen (secondary N) is 2. The fraction of sp³-hybridized carbons (Fsp3) is 0.182. The maximum absolute atomic E-state index is 11.5. The van der Waals surface area contributed by atoms with Crippen molar-refractivity contribution in [1.82, 2.24) is 9.97 Å². The van der Waals surface area contributed by atoms with Crippen LogP contribution in [0.15, 0.2) is 35.5 Å². The maximum Gasteiger partial charge on any atom is 0.240 e. The van der Waals surface area contributed by atoms with Gasteiger partial charge in [0.1, 0.15) is 10.7 Å². The lowest BCUT2D eigenvalue weighted by Gasteiger charge is -2.16. The third-order valence-electron chi connectivity index (χ3n) is 2.61. The summed E-state index contributed by atoms with van der Waals surface area (Å²) in [5.41, 5.74) is 6.31. The summed E-state index contributed by atoms with van der Waals surface area (Å²) < 4.78 is 23.1. The summed E-state index contributed by atoms with van der Waals surface area (Å²) in [6.45, 7) is 1.85. The molecule has 0 amide bonds. The van der Waals surface area contributed by atoms with Gasteiger partial charge in [-0.3, -0.25) is 0 Å². The van der Waals surface area contributed by atoms with Gasteiger partial charge in [-0.25, -0.2) is 18.5 Å². The number of imidazole rings is 1. The Hall–Kier alpha value is -2.06. The normalized spacial score (nSPS) is 13.2. The van der Waals surface area contributed by atoms with Gasteiger partial charge in [-0.15, -0.1) is 0 Å². The number of hydrogen-bond acceptors (Lipinski definition) is 5. The quantitative estimate of drug-likeness (QED) is 0.617. The Morgan fingerprint density at radius 3 is 2.74 bits per heavy atom. The van der Waals surface area contributed by atoms with Crippen LogP contribution in [-0.4, -0.2) is 18.4 Å².